The van der Waals surface area contributed by atoms with E-state index in [0.29, 0.717) is 0 Å². The zero-order valence-electron chi connectivity index (χ0n) is 13.5. The Morgan fingerprint density at radius 3 is 0.952 bits per heavy atom. The highest BCUT2D eigenvalue weighted by molar-refractivity contribution is 5.47. The van der Waals surface area contributed by atoms with Crippen LogP contribution in [0.5, 0.6) is 0 Å². The standard InChI is InChI=1S/C15H27N6/c1-4-19(7-8-19)13-16-14(20(5-2)9-10-20)18-15(17-13)21(6-3)11-12-21/h4-12H2,1-3H3/q+3. The maximum absolute atomic E-state index is 4.93. The Labute approximate surface area is 126 Å². The molecule has 0 radical (unpaired) electrons. The highest BCUT2D eigenvalue weighted by atomic mass is 15.6. The molecule has 3 aliphatic rings. The summed E-state index contributed by atoms with van der Waals surface area (Å²) in [5.74, 6) is 3.11. The summed E-state index contributed by atoms with van der Waals surface area (Å²) < 4.78 is 2.90. The second kappa shape index (κ2) is 4.21. The third kappa shape index (κ3) is 1.93. The second-order valence-electron chi connectivity index (χ2n) is 6.96. The molecular weight excluding hydrogens is 264 g/mol. The Morgan fingerprint density at radius 1 is 0.571 bits per heavy atom. The molecule has 1 aromatic heterocycles. The van der Waals surface area contributed by atoms with Gasteiger partial charge in [0.1, 0.15) is 39.3 Å². The Balaban J connectivity index is 1.81. The fourth-order valence-electron chi connectivity index (χ4n) is 3.31. The molecule has 0 aliphatic carbocycles. The number of nitrogens with zero attached hydrogens (tertiary/aromatic N) is 6. The summed E-state index contributed by atoms with van der Waals surface area (Å²) in [6.45, 7) is 17.2. The minimum atomic E-state index is 0.968. The van der Waals surface area contributed by atoms with Crippen LogP contribution in [0.4, 0.5) is 17.8 Å². The van der Waals surface area contributed by atoms with Gasteiger partial charge in [-0.3, -0.25) is 0 Å². The SMILES string of the molecule is CC[N+]1(c2nc([N+]3(CC)CC3)nc([N+]3(CC)CC3)n2)CC1. The van der Waals surface area contributed by atoms with Gasteiger partial charge in [-0.15, -0.1) is 15.0 Å². The summed E-state index contributed by atoms with van der Waals surface area (Å²) in [6, 6.07) is 0. The van der Waals surface area contributed by atoms with Crippen molar-refractivity contribution < 1.29 is 0 Å². The predicted octanol–water partition coefficient (Wildman–Crippen LogP) is 0.894. The lowest BCUT2D eigenvalue weighted by Crippen LogP contribution is -2.35. The van der Waals surface area contributed by atoms with Crippen molar-refractivity contribution in [2.45, 2.75) is 20.8 Å². The van der Waals surface area contributed by atoms with Gasteiger partial charge in [0.2, 0.25) is 0 Å². The first-order chi connectivity index (χ1) is 10.1. The average Bonchev–Trinajstić information content (AvgIpc) is 3.42. The van der Waals surface area contributed by atoms with E-state index in [-0.39, 0.29) is 0 Å². The molecule has 0 aromatic carbocycles. The monoisotopic (exact) mass is 291 g/mol. The maximum Gasteiger partial charge on any atom is 0.342 e. The van der Waals surface area contributed by atoms with Gasteiger partial charge in [0.25, 0.3) is 0 Å². The summed E-state index contributed by atoms with van der Waals surface area (Å²) in [5, 5.41) is 0. The topological polar surface area (TPSA) is 38.7 Å². The molecule has 0 unspecified atom stereocenters. The summed E-state index contributed by atoms with van der Waals surface area (Å²) >= 11 is 0. The molecule has 6 heteroatoms. The van der Waals surface area contributed by atoms with E-state index in [9.17, 15) is 0 Å². The van der Waals surface area contributed by atoms with Crippen LogP contribution >= 0.6 is 0 Å². The van der Waals surface area contributed by atoms with E-state index in [4.69, 9.17) is 15.0 Å². The Bertz CT molecular complexity index is 478. The molecular formula is C15H27N6+3. The smallest absolute Gasteiger partial charge is 0.248 e. The maximum atomic E-state index is 4.93. The summed E-state index contributed by atoms with van der Waals surface area (Å²) in [6.07, 6.45) is 0. The molecule has 0 amide bonds. The van der Waals surface area contributed by atoms with Crippen LogP contribution in [-0.4, -0.2) is 73.9 Å². The zero-order chi connectivity index (χ0) is 14.7. The Morgan fingerprint density at radius 2 is 0.810 bits per heavy atom. The number of aromatic nitrogens is 3. The number of hydrogen-bond donors (Lipinski definition) is 0. The van der Waals surface area contributed by atoms with Crippen molar-refractivity contribution in [1.82, 2.24) is 28.4 Å². The first-order valence-electron chi connectivity index (χ1n) is 8.48. The van der Waals surface area contributed by atoms with Crippen LogP contribution in [0.25, 0.3) is 0 Å². The molecule has 1 aromatic rings. The Kier molecular flexibility index (Phi) is 2.72. The number of hydrogen-bond acceptors (Lipinski definition) is 3. The molecule has 0 bridgehead atoms. The molecule has 3 saturated heterocycles. The van der Waals surface area contributed by atoms with E-state index in [1.54, 1.807) is 0 Å². The van der Waals surface area contributed by atoms with E-state index in [1.165, 1.54) is 39.3 Å². The van der Waals surface area contributed by atoms with Crippen molar-refractivity contribution in [1.29, 1.82) is 0 Å². The lowest BCUT2D eigenvalue weighted by atomic mass is 10.5. The van der Waals surface area contributed by atoms with Crippen LogP contribution in [0.15, 0.2) is 0 Å². The van der Waals surface area contributed by atoms with Crippen LogP contribution in [0.2, 0.25) is 0 Å². The quantitative estimate of drug-likeness (QED) is 0.577. The summed E-state index contributed by atoms with van der Waals surface area (Å²) in [4.78, 5) is 14.8. The molecule has 4 heterocycles. The molecule has 4 rings (SSSR count). The minimum Gasteiger partial charge on any atom is -0.248 e. The van der Waals surface area contributed by atoms with Gasteiger partial charge in [-0.2, -0.15) is 0 Å². The van der Waals surface area contributed by atoms with E-state index < -0.39 is 0 Å². The number of rotatable bonds is 6. The van der Waals surface area contributed by atoms with Crippen LogP contribution in [-0.2, 0) is 0 Å². The Hall–Kier alpha value is -1.11. The summed E-state index contributed by atoms with van der Waals surface area (Å²) in [5.41, 5.74) is 0. The van der Waals surface area contributed by atoms with Crippen LogP contribution in [0, 0.1) is 0 Å². The molecule has 114 valence electrons. The van der Waals surface area contributed by atoms with E-state index in [1.807, 2.05) is 0 Å². The minimum absolute atomic E-state index is 0.968. The molecule has 0 atom stereocenters. The van der Waals surface area contributed by atoms with Crippen molar-refractivity contribution >= 4 is 17.8 Å². The molecule has 0 spiro atoms. The molecule has 3 aliphatic heterocycles. The second-order valence-corrected chi connectivity index (χ2v) is 6.96. The van der Waals surface area contributed by atoms with Crippen LogP contribution in [0.3, 0.4) is 0 Å². The van der Waals surface area contributed by atoms with Gasteiger partial charge in [0.05, 0.1) is 19.6 Å². The van der Waals surface area contributed by atoms with Crippen molar-refractivity contribution in [2.75, 3.05) is 58.9 Å². The highest BCUT2D eigenvalue weighted by Gasteiger charge is 2.54. The van der Waals surface area contributed by atoms with Crippen molar-refractivity contribution in [3.8, 4) is 0 Å². The van der Waals surface area contributed by atoms with Crippen LogP contribution in [0.1, 0.15) is 20.8 Å². The molecule has 21 heavy (non-hydrogen) atoms. The van der Waals surface area contributed by atoms with E-state index in [0.717, 1.165) is 50.9 Å². The lowest BCUT2D eigenvalue weighted by molar-refractivity contribution is 0.476. The largest absolute Gasteiger partial charge is 0.342 e. The van der Waals surface area contributed by atoms with Gasteiger partial charge in [-0.25, -0.2) is 13.4 Å². The lowest BCUT2D eigenvalue weighted by Gasteiger charge is -2.19. The van der Waals surface area contributed by atoms with Gasteiger partial charge in [0.15, 0.2) is 0 Å². The molecule has 0 saturated carbocycles. The summed E-state index contributed by atoms with van der Waals surface area (Å²) in [7, 11) is 0. The van der Waals surface area contributed by atoms with Gasteiger partial charge in [0, 0.05) is 0 Å². The predicted molar refractivity (Wildman–Crippen MR) is 86.0 cm³/mol. The van der Waals surface area contributed by atoms with Gasteiger partial charge in [-0.1, -0.05) is 0 Å². The van der Waals surface area contributed by atoms with Crippen LogP contribution < -0.4 is 13.4 Å². The number of quaternary nitrogens is 3. The molecule has 6 nitrogen and oxygen atoms in total. The van der Waals surface area contributed by atoms with Gasteiger partial charge < -0.3 is 0 Å². The van der Waals surface area contributed by atoms with Gasteiger partial charge >= 0.3 is 17.8 Å². The fraction of sp³-hybridized carbons (Fsp3) is 0.800. The highest BCUT2D eigenvalue weighted by Crippen LogP contribution is 2.38. The first-order valence-corrected chi connectivity index (χ1v) is 8.48. The third-order valence-electron chi connectivity index (χ3n) is 5.98. The first kappa shape index (κ1) is 13.5. The van der Waals surface area contributed by atoms with Crippen molar-refractivity contribution in [3.63, 3.8) is 0 Å². The van der Waals surface area contributed by atoms with E-state index >= 15 is 0 Å². The third-order valence-corrected chi connectivity index (χ3v) is 5.98. The number of likely N-dealkylation sites (N-methyl/N-ethyl adjacent to an activating group) is 3. The fourth-order valence-corrected chi connectivity index (χ4v) is 3.31. The van der Waals surface area contributed by atoms with Crippen molar-refractivity contribution in [2.24, 2.45) is 0 Å². The average molecular weight is 291 g/mol. The van der Waals surface area contributed by atoms with Crippen molar-refractivity contribution in [3.05, 3.63) is 0 Å². The molecule has 3 fully saturated rings. The normalized spacial score (nSPS) is 26.4. The van der Waals surface area contributed by atoms with E-state index in [2.05, 4.69) is 20.8 Å². The molecule has 0 N–H and O–H groups in total. The zero-order valence-corrected chi connectivity index (χ0v) is 13.5. The van der Waals surface area contributed by atoms with Gasteiger partial charge in [-0.05, 0) is 20.8 Å².